The van der Waals surface area contributed by atoms with Gasteiger partial charge in [-0.05, 0) is 37.7 Å². The first kappa shape index (κ1) is 14.0. The van der Waals surface area contributed by atoms with E-state index in [9.17, 15) is 9.59 Å². The number of hydrogen-bond acceptors (Lipinski definition) is 4. The summed E-state index contributed by atoms with van der Waals surface area (Å²) < 4.78 is 5.42. The van der Waals surface area contributed by atoms with Gasteiger partial charge in [0.2, 0.25) is 0 Å². The van der Waals surface area contributed by atoms with Gasteiger partial charge in [0.25, 0.3) is 5.91 Å². The second-order valence-corrected chi connectivity index (χ2v) is 5.58. The van der Waals surface area contributed by atoms with E-state index in [1.54, 1.807) is 23.9 Å². The molecule has 0 spiro atoms. The lowest BCUT2D eigenvalue weighted by atomic mass is 10.1. The molecule has 0 saturated heterocycles. The molecule has 2 atom stereocenters. The zero-order chi connectivity index (χ0) is 13.8. The molecule has 1 aromatic heterocycles. The number of furan rings is 1. The quantitative estimate of drug-likeness (QED) is 0.865. The standard InChI is InChI=1S/C13H17NO4S/c1-19-7-10-4-5-11(18-10)12(15)14-9-3-2-8(6-9)13(16)17/h4-5,8-9H,2-3,6-7H2,1H3,(H,14,15)(H,16,17)/t8-,9+/m1/s1. The third-order valence-electron chi connectivity index (χ3n) is 3.29. The number of hydrogen-bond donors (Lipinski definition) is 2. The van der Waals surface area contributed by atoms with Gasteiger partial charge in [0, 0.05) is 6.04 Å². The molecule has 2 N–H and O–H groups in total. The van der Waals surface area contributed by atoms with Gasteiger partial charge in [-0.25, -0.2) is 0 Å². The summed E-state index contributed by atoms with van der Waals surface area (Å²) >= 11 is 1.63. The molecule has 6 heteroatoms. The largest absolute Gasteiger partial charge is 0.481 e. The van der Waals surface area contributed by atoms with Crippen LogP contribution in [0.3, 0.4) is 0 Å². The zero-order valence-electron chi connectivity index (χ0n) is 10.7. The highest BCUT2D eigenvalue weighted by molar-refractivity contribution is 7.97. The Bertz CT molecular complexity index is 471. The van der Waals surface area contributed by atoms with Crippen molar-refractivity contribution in [1.29, 1.82) is 0 Å². The lowest BCUT2D eigenvalue weighted by Gasteiger charge is -2.10. The van der Waals surface area contributed by atoms with Gasteiger partial charge < -0.3 is 14.8 Å². The highest BCUT2D eigenvalue weighted by Gasteiger charge is 2.31. The monoisotopic (exact) mass is 283 g/mol. The van der Waals surface area contributed by atoms with Crippen molar-refractivity contribution in [3.8, 4) is 0 Å². The van der Waals surface area contributed by atoms with Crippen LogP contribution in [0, 0.1) is 5.92 Å². The van der Waals surface area contributed by atoms with Gasteiger partial charge in [-0.15, -0.1) is 0 Å². The van der Waals surface area contributed by atoms with Crippen LogP contribution in [0.2, 0.25) is 0 Å². The van der Waals surface area contributed by atoms with Crippen molar-refractivity contribution in [3.05, 3.63) is 23.7 Å². The molecule has 1 heterocycles. The molecule has 1 saturated carbocycles. The van der Waals surface area contributed by atoms with E-state index < -0.39 is 5.97 Å². The Hall–Kier alpha value is -1.43. The highest BCUT2D eigenvalue weighted by atomic mass is 32.2. The van der Waals surface area contributed by atoms with E-state index in [2.05, 4.69) is 5.32 Å². The van der Waals surface area contributed by atoms with E-state index in [-0.39, 0.29) is 17.9 Å². The fourth-order valence-corrected chi connectivity index (χ4v) is 2.75. The van der Waals surface area contributed by atoms with Crippen LogP contribution in [0.25, 0.3) is 0 Å². The summed E-state index contributed by atoms with van der Waals surface area (Å²) in [5.74, 6) is 0.419. The van der Waals surface area contributed by atoms with E-state index in [0.717, 1.165) is 11.5 Å². The molecule has 2 rings (SSSR count). The van der Waals surface area contributed by atoms with Crippen molar-refractivity contribution < 1.29 is 19.1 Å². The van der Waals surface area contributed by atoms with Crippen LogP contribution in [-0.2, 0) is 10.5 Å². The molecular formula is C13H17NO4S. The van der Waals surface area contributed by atoms with Gasteiger partial charge >= 0.3 is 5.97 Å². The number of carboxylic acids is 1. The number of nitrogens with one attached hydrogen (secondary N) is 1. The van der Waals surface area contributed by atoms with E-state index in [4.69, 9.17) is 9.52 Å². The Morgan fingerprint density at radius 1 is 1.47 bits per heavy atom. The van der Waals surface area contributed by atoms with Crippen LogP contribution in [0.4, 0.5) is 0 Å². The molecule has 0 aromatic carbocycles. The van der Waals surface area contributed by atoms with Gasteiger partial charge in [0.1, 0.15) is 5.76 Å². The average Bonchev–Trinajstić information content (AvgIpc) is 2.98. The van der Waals surface area contributed by atoms with E-state index in [1.807, 2.05) is 6.26 Å². The van der Waals surface area contributed by atoms with Crippen LogP contribution in [0.1, 0.15) is 35.6 Å². The molecule has 19 heavy (non-hydrogen) atoms. The number of carbonyl (C=O) groups excluding carboxylic acids is 1. The molecule has 1 aliphatic carbocycles. The van der Waals surface area contributed by atoms with Crippen molar-refractivity contribution in [2.24, 2.45) is 5.92 Å². The van der Waals surface area contributed by atoms with Gasteiger partial charge in [0.15, 0.2) is 5.76 Å². The second kappa shape index (κ2) is 6.14. The number of carbonyl (C=O) groups is 2. The van der Waals surface area contributed by atoms with Gasteiger partial charge in [-0.1, -0.05) is 0 Å². The minimum absolute atomic E-state index is 0.0669. The predicted octanol–water partition coefficient (Wildman–Crippen LogP) is 2.13. The minimum atomic E-state index is -0.781. The highest BCUT2D eigenvalue weighted by Crippen LogP contribution is 2.26. The van der Waals surface area contributed by atoms with Crippen molar-refractivity contribution in [2.45, 2.75) is 31.1 Å². The number of aliphatic carboxylic acids is 1. The summed E-state index contributed by atoms with van der Waals surface area (Å²) in [4.78, 5) is 22.8. The van der Waals surface area contributed by atoms with Gasteiger partial charge in [-0.3, -0.25) is 9.59 Å². The minimum Gasteiger partial charge on any atom is -0.481 e. The van der Waals surface area contributed by atoms with Gasteiger partial charge in [-0.2, -0.15) is 11.8 Å². The number of amides is 1. The molecule has 0 aliphatic heterocycles. The molecule has 1 aromatic rings. The molecule has 1 aliphatic rings. The molecule has 1 amide bonds. The first-order valence-electron chi connectivity index (χ1n) is 6.21. The predicted molar refractivity (Wildman–Crippen MR) is 72.2 cm³/mol. The summed E-state index contributed by atoms with van der Waals surface area (Å²) in [6.07, 6.45) is 3.80. The number of carboxylic acid groups (broad SMARTS) is 1. The van der Waals surface area contributed by atoms with Crippen LogP contribution in [0.5, 0.6) is 0 Å². The Labute approximate surface area is 115 Å². The van der Waals surface area contributed by atoms with Crippen molar-refractivity contribution in [2.75, 3.05) is 6.26 Å². The third kappa shape index (κ3) is 3.53. The molecule has 5 nitrogen and oxygen atoms in total. The summed E-state index contributed by atoms with van der Waals surface area (Å²) in [5, 5.41) is 11.7. The lowest BCUT2D eigenvalue weighted by Crippen LogP contribution is -2.33. The fourth-order valence-electron chi connectivity index (χ4n) is 2.31. The molecule has 0 unspecified atom stereocenters. The van der Waals surface area contributed by atoms with Crippen LogP contribution in [-0.4, -0.2) is 29.3 Å². The zero-order valence-corrected chi connectivity index (χ0v) is 11.5. The average molecular weight is 283 g/mol. The summed E-state index contributed by atoms with van der Waals surface area (Å²) in [5.41, 5.74) is 0. The maximum atomic E-state index is 11.9. The summed E-state index contributed by atoms with van der Waals surface area (Å²) in [7, 11) is 0. The van der Waals surface area contributed by atoms with Crippen molar-refractivity contribution >= 4 is 23.6 Å². The Morgan fingerprint density at radius 2 is 2.26 bits per heavy atom. The lowest BCUT2D eigenvalue weighted by molar-refractivity contribution is -0.141. The van der Waals surface area contributed by atoms with E-state index in [1.165, 1.54) is 0 Å². The van der Waals surface area contributed by atoms with Crippen LogP contribution in [0.15, 0.2) is 16.5 Å². The molecule has 1 fully saturated rings. The smallest absolute Gasteiger partial charge is 0.306 e. The summed E-state index contributed by atoms with van der Waals surface area (Å²) in [6.45, 7) is 0. The van der Waals surface area contributed by atoms with Crippen LogP contribution >= 0.6 is 11.8 Å². The second-order valence-electron chi connectivity index (χ2n) is 4.72. The first-order valence-corrected chi connectivity index (χ1v) is 7.61. The van der Waals surface area contributed by atoms with E-state index in [0.29, 0.717) is 25.0 Å². The Morgan fingerprint density at radius 3 is 2.89 bits per heavy atom. The maximum absolute atomic E-state index is 11.9. The first-order chi connectivity index (χ1) is 9.10. The molecular weight excluding hydrogens is 266 g/mol. The topological polar surface area (TPSA) is 79.5 Å². The Kier molecular flexibility index (Phi) is 4.52. The SMILES string of the molecule is CSCc1ccc(C(=O)N[C@H]2CC[C@@H](C(=O)O)C2)o1. The van der Waals surface area contributed by atoms with E-state index >= 15 is 0 Å². The number of rotatable bonds is 5. The number of thioether (sulfide) groups is 1. The molecule has 104 valence electrons. The Balaban J connectivity index is 1.88. The maximum Gasteiger partial charge on any atom is 0.306 e. The summed E-state index contributed by atoms with van der Waals surface area (Å²) in [6, 6.07) is 3.38. The molecule has 0 radical (unpaired) electrons. The van der Waals surface area contributed by atoms with Crippen molar-refractivity contribution in [1.82, 2.24) is 5.32 Å². The van der Waals surface area contributed by atoms with Gasteiger partial charge in [0.05, 0.1) is 11.7 Å². The fraction of sp³-hybridized carbons (Fsp3) is 0.538. The molecule has 0 bridgehead atoms. The normalized spacial score (nSPS) is 22.4. The third-order valence-corrected chi connectivity index (χ3v) is 3.86. The van der Waals surface area contributed by atoms with Crippen molar-refractivity contribution in [3.63, 3.8) is 0 Å². The van der Waals surface area contributed by atoms with Crippen LogP contribution < -0.4 is 5.32 Å².